The van der Waals surface area contributed by atoms with Gasteiger partial charge in [-0.05, 0) is 36.8 Å². The van der Waals surface area contributed by atoms with E-state index in [1.165, 1.54) is 18.2 Å². The molecule has 2 aromatic carbocycles. The molecule has 2 aromatic rings. The average Bonchev–Trinajstić information content (AvgIpc) is 2.68. The summed E-state index contributed by atoms with van der Waals surface area (Å²) in [6.45, 7) is 5.13. The third kappa shape index (κ3) is 4.60. The lowest BCUT2D eigenvalue weighted by Crippen LogP contribution is -2.36. The number of nitro benzene ring substituents is 1. The van der Waals surface area contributed by atoms with Crippen LogP contribution in [0.1, 0.15) is 18.5 Å². The Bertz CT molecular complexity index is 954. The molecular weight excluding hydrogens is 382 g/mol. The zero-order chi connectivity index (χ0) is 20.3. The summed E-state index contributed by atoms with van der Waals surface area (Å²) in [4.78, 5) is 12.4. The number of ether oxygens (including phenoxy) is 1. The molecule has 1 saturated heterocycles. The standard InChI is InChI=1S/C19H23N3O5S/c1-14(15-3-6-17(7-4-15)21-9-11-27-12-10-21)20-16-5-8-18(22(23)24)19(13-16)28(2,25)26/h3-8,13-14,20H,9-12H2,1-2H3. The van der Waals surface area contributed by atoms with E-state index in [1.807, 2.05) is 19.1 Å². The number of nitrogens with zero attached hydrogens (tertiary/aromatic N) is 2. The van der Waals surface area contributed by atoms with Gasteiger partial charge in [0.25, 0.3) is 5.69 Å². The second kappa shape index (κ2) is 8.15. The van der Waals surface area contributed by atoms with Gasteiger partial charge in [-0.2, -0.15) is 0 Å². The lowest BCUT2D eigenvalue weighted by Gasteiger charge is -2.29. The van der Waals surface area contributed by atoms with Crippen LogP contribution in [-0.2, 0) is 14.6 Å². The quantitative estimate of drug-likeness (QED) is 0.582. The maximum Gasteiger partial charge on any atom is 0.288 e. The molecule has 1 atom stereocenters. The number of rotatable bonds is 6. The maximum atomic E-state index is 11.9. The molecule has 9 heteroatoms. The minimum Gasteiger partial charge on any atom is -0.378 e. The lowest BCUT2D eigenvalue weighted by atomic mass is 10.1. The summed E-state index contributed by atoms with van der Waals surface area (Å²) in [7, 11) is -3.72. The minimum absolute atomic E-state index is 0.104. The van der Waals surface area contributed by atoms with Gasteiger partial charge >= 0.3 is 0 Å². The predicted octanol–water partition coefficient (Wildman–Crippen LogP) is 3.01. The van der Waals surface area contributed by atoms with E-state index in [9.17, 15) is 18.5 Å². The van der Waals surface area contributed by atoms with E-state index < -0.39 is 20.4 Å². The van der Waals surface area contributed by atoms with Gasteiger partial charge in [-0.25, -0.2) is 8.42 Å². The van der Waals surface area contributed by atoms with Crippen LogP contribution < -0.4 is 10.2 Å². The molecule has 28 heavy (non-hydrogen) atoms. The second-order valence-corrected chi connectivity index (χ2v) is 8.75. The Morgan fingerprint density at radius 3 is 2.36 bits per heavy atom. The lowest BCUT2D eigenvalue weighted by molar-refractivity contribution is -0.387. The minimum atomic E-state index is -3.72. The van der Waals surface area contributed by atoms with Gasteiger partial charge in [0.15, 0.2) is 9.84 Å². The summed E-state index contributed by atoms with van der Waals surface area (Å²) >= 11 is 0. The van der Waals surface area contributed by atoms with Crippen LogP contribution in [0.25, 0.3) is 0 Å². The molecule has 0 saturated carbocycles. The predicted molar refractivity (Wildman–Crippen MR) is 108 cm³/mol. The fourth-order valence-corrected chi connectivity index (χ4v) is 4.04. The van der Waals surface area contributed by atoms with Crippen LogP contribution in [-0.4, -0.2) is 45.9 Å². The molecule has 1 aliphatic heterocycles. The van der Waals surface area contributed by atoms with Crippen molar-refractivity contribution in [2.75, 3.05) is 42.8 Å². The molecule has 1 fully saturated rings. The number of anilines is 2. The number of morpholine rings is 1. The molecule has 0 bridgehead atoms. The Hall–Kier alpha value is -2.65. The SMILES string of the molecule is CC(Nc1ccc([N+](=O)[O-])c(S(C)(=O)=O)c1)c1ccc(N2CCOCC2)cc1. The van der Waals surface area contributed by atoms with E-state index in [0.717, 1.165) is 43.8 Å². The fraction of sp³-hybridized carbons (Fsp3) is 0.368. The third-order valence-electron chi connectivity index (χ3n) is 4.71. The molecule has 0 radical (unpaired) electrons. The van der Waals surface area contributed by atoms with Gasteiger partial charge in [-0.3, -0.25) is 10.1 Å². The average molecular weight is 405 g/mol. The van der Waals surface area contributed by atoms with Crippen molar-refractivity contribution >= 4 is 26.9 Å². The molecule has 0 spiro atoms. The van der Waals surface area contributed by atoms with Gasteiger partial charge in [-0.1, -0.05) is 12.1 Å². The summed E-state index contributed by atoms with van der Waals surface area (Å²) in [6.07, 6.45) is 0.965. The van der Waals surface area contributed by atoms with Gasteiger partial charge in [0.2, 0.25) is 0 Å². The first-order chi connectivity index (χ1) is 13.3. The van der Waals surface area contributed by atoms with Crippen LogP contribution in [0.2, 0.25) is 0 Å². The van der Waals surface area contributed by atoms with E-state index in [1.54, 1.807) is 0 Å². The van der Waals surface area contributed by atoms with Crippen molar-refractivity contribution in [1.82, 2.24) is 0 Å². The summed E-state index contributed by atoms with van der Waals surface area (Å²) < 4.78 is 29.2. The topological polar surface area (TPSA) is 102 Å². The van der Waals surface area contributed by atoms with Crippen LogP contribution in [0.15, 0.2) is 47.4 Å². The smallest absolute Gasteiger partial charge is 0.288 e. The zero-order valence-electron chi connectivity index (χ0n) is 15.8. The van der Waals surface area contributed by atoms with E-state index in [2.05, 4.69) is 22.3 Å². The highest BCUT2D eigenvalue weighted by atomic mass is 32.2. The number of hydrogen-bond donors (Lipinski definition) is 1. The molecule has 8 nitrogen and oxygen atoms in total. The number of nitrogens with one attached hydrogen (secondary N) is 1. The molecule has 0 aromatic heterocycles. The van der Waals surface area contributed by atoms with E-state index >= 15 is 0 Å². The molecule has 3 rings (SSSR count). The molecular formula is C19H23N3O5S. The van der Waals surface area contributed by atoms with Crippen LogP contribution in [0.4, 0.5) is 17.1 Å². The third-order valence-corrected chi connectivity index (χ3v) is 5.83. The number of nitro groups is 1. The van der Waals surface area contributed by atoms with Crippen molar-refractivity contribution < 1.29 is 18.1 Å². The van der Waals surface area contributed by atoms with Crippen LogP contribution >= 0.6 is 0 Å². The molecule has 1 unspecified atom stereocenters. The molecule has 1 aliphatic rings. The Morgan fingerprint density at radius 2 is 1.79 bits per heavy atom. The van der Waals surface area contributed by atoms with Gasteiger partial charge in [0.1, 0.15) is 4.90 Å². The Labute approximate surface area is 164 Å². The zero-order valence-corrected chi connectivity index (χ0v) is 16.6. The molecule has 0 aliphatic carbocycles. The summed E-state index contributed by atoms with van der Waals surface area (Å²) in [5, 5.41) is 14.3. The number of hydrogen-bond acceptors (Lipinski definition) is 7. The Kier molecular flexibility index (Phi) is 5.85. The molecule has 1 N–H and O–H groups in total. The van der Waals surface area contributed by atoms with E-state index in [4.69, 9.17) is 4.74 Å². The van der Waals surface area contributed by atoms with Gasteiger partial charge < -0.3 is 15.0 Å². The number of benzene rings is 2. The normalized spacial score (nSPS) is 15.9. The van der Waals surface area contributed by atoms with Crippen molar-refractivity contribution in [3.05, 3.63) is 58.1 Å². The summed E-state index contributed by atoms with van der Waals surface area (Å²) in [5.41, 5.74) is 2.25. The summed E-state index contributed by atoms with van der Waals surface area (Å²) in [5.74, 6) is 0. The summed E-state index contributed by atoms with van der Waals surface area (Å²) in [6, 6.07) is 12.1. The van der Waals surface area contributed by atoms with Crippen molar-refractivity contribution in [2.45, 2.75) is 17.9 Å². The first-order valence-electron chi connectivity index (χ1n) is 8.93. The molecule has 1 heterocycles. The molecule has 150 valence electrons. The van der Waals surface area contributed by atoms with Gasteiger partial charge in [-0.15, -0.1) is 0 Å². The highest BCUT2D eigenvalue weighted by Crippen LogP contribution is 2.29. The van der Waals surface area contributed by atoms with Crippen molar-refractivity contribution in [3.63, 3.8) is 0 Å². The Morgan fingerprint density at radius 1 is 1.14 bits per heavy atom. The van der Waals surface area contributed by atoms with Crippen molar-refractivity contribution in [2.24, 2.45) is 0 Å². The Balaban J connectivity index is 1.77. The van der Waals surface area contributed by atoms with E-state index in [-0.39, 0.29) is 10.9 Å². The molecule has 0 amide bonds. The van der Waals surface area contributed by atoms with Crippen LogP contribution in [0.3, 0.4) is 0 Å². The maximum absolute atomic E-state index is 11.9. The van der Waals surface area contributed by atoms with Crippen molar-refractivity contribution in [3.8, 4) is 0 Å². The first kappa shape index (κ1) is 20.1. The monoisotopic (exact) mass is 405 g/mol. The number of sulfone groups is 1. The highest BCUT2D eigenvalue weighted by Gasteiger charge is 2.23. The van der Waals surface area contributed by atoms with Crippen LogP contribution in [0, 0.1) is 10.1 Å². The fourth-order valence-electron chi connectivity index (χ4n) is 3.18. The second-order valence-electron chi connectivity index (χ2n) is 6.77. The highest BCUT2D eigenvalue weighted by molar-refractivity contribution is 7.90. The van der Waals surface area contributed by atoms with Gasteiger partial charge in [0, 0.05) is 42.8 Å². The van der Waals surface area contributed by atoms with E-state index in [0.29, 0.717) is 5.69 Å². The van der Waals surface area contributed by atoms with Gasteiger partial charge in [0.05, 0.1) is 18.1 Å². The van der Waals surface area contributed by atoms with Crippen LogP contribution in [0.5, 0.6) is 0 Å². The largest absolute Gasteiger partial charge is 0.378 e. The van der Waals surface area contributed by atoms with Crippen molar-refractivity contribution in [1.29, 1.82) is 0 Å². The first-order valence-corrected chi connectivity index (χ1v) is 10.8.